The molecule has 3 atom stereocenters. The van der Waals surface area contributed by atoms with Crippen molar-refractivity contribution in [2.75, 3.05) is 26.2 Å². The lowest BCUT2D eigenvalue weighted by atomic mass is 9.86. The molecule has 0 amide bonds. The van der Waals surface area contributed by atoms with Gasteiger partial charge in [-0.15, -0.1) is 0 Å². The Morgan fingerprint density at radius 1 is 1.21 bits per heavy atom. The van der Waals surface area contributed by atoms with Crippen molar-refractivity contribution in [2.24, 2.45) is 5.92 Å². The van der Waals surface area contributed by atoms with E-state index in [4.69, 9.17) is 4.74 Å². The van der Waals surface area contributed by atoms with Crippen molar-refractivity contribution < 1.29 is 4.74 Å². The highest BCUT2D eigenvalue weighted by Crippen LogP contribution is 2.24. The standard InChI is InChI=1S/C16H32N2O/c1-13-7-5-6-8-15(13)17-9-10-18-11-14(2)19-16(3,4)12-18/h13-15,17H,5-12H2,1-4H3. The van der Waals surface area contributed by atoms with Gasteiger partial charge >= 0.3 is 0 Å². The van der Waals surface area contributed by atoms with Gasteiger partial charge in [-0.1, -0.05) is 19.8 Å². The summed E-state index contributed by atoms with van der Waals surface area (Å²) >= 11 is 0. The van der Waals surface area contributed by atoms with E-state index in [1.807, 2.05) is 0 Å². The van der Waals surface area contributed by atoms with Crippen LogP contribution in [0.2, 0.25) is 0 Å². The van der Waals surface area contributed by atoms with Gasteiger partial charge in [-0.05, 0) is 39.5 Å². The summed E-state index contributed by atoms with van der Waals surface area (Å²) in [6, 6.07) is 0.750. The van der Waals surface area contributed by atoms with Crippen LogP contribution >= 0.6 is 0 Å². The number of hydrogen-bond donors (Lipinski definition) is 1. The van der Waals surface area contributed by atoms with Crippen molar-refractivity contribution in [3.63, 3.8) is 0 Å². The highest BCUT2D eigenvalue weighted by atomic mass is 16.5. The maximum Gasteiger partial charge on any atom is 0.0757 e. The van der Waals surface area contributed by atoms with Crippen LogP contribution in [0, 0.1) is 5.92 Å². The van der Waals surface area contributed by atoms with E-state index in [0.717, 1.165) is 38.1 Å². The minimum absolute atomic E-state index is 0.00972. The zero-order valence-electron chi connectivity index (χ0n) is 13.2. The summed E-state index contributed by atoms with van der Waals surface area (Å²) in [4.78, 5) is 2.55. The normalized spacial score (nSPS) is 36.3. The third-order valence-corrected chi connectivity index (χ3v) is 4.59. The van der Waals surface area contributed by atoms with Crippen molar-refractivity contribution in [3.05, 3.63) is 0 Å². The molecule has 2 rings (SSSR count). The molecule has 1 saturated carbocycles. The Morgan fingerprint density at radius 3 is 2.63 bits per heavy atom. The Morgan fingerprint density at radius 2 is 1.95 bits per heavy atom. The Hall–Kier alpha value is -0.120. The molecular weight excluding hydrogens is 236 g/mol. The van der Waals surface area contributed by atoms with Crippen molar-refractivity contribution in [1.82, 2.24) is 10.2 Å². The average Bonchev–Trinajstić information content (AvgIpc) is 2.29. The first-order chi connectivity index (χ1) is 8.96. The van der Waals surface area contributed by atoms with E-state index in [1.165, 1.54) is 25.7 Å². The third-order valence-electron chi connectivity index (χ3n) is 4.59. The molecule has 0 radical (unpaired) electrons. The highest BCUT2D eigenvalue weighted by molar-refractivity contribution is 4.84. The van der Waals surface area contributed by atoms with Crippen LogP contribution in [0.3, 0.4) is 0 Å². The molecule has 2 aliphatic rings. The minimum Gasteiger partial charge on any atom is -0.370 e. The summed E-state index contributed by atoms with van der Waals surface area (Å²) in [7, 11) is 0. The number of hydrogen-bond acceptors (Lipinski definition) is 3. The van der Waals surface area contributed by atoms with Crippen molar-refractivity contribution in [1.29, 1.82) is 0 Å². The smallest absolute Gasteiger partial charge is 0.0757 e. The molecule has 0 aromatic rings. The van der Waals surface area contributed by atoms with Crippen molar-refractivity contribution in [3.8, 4) is 0 Å². The minimum atomic E-state index is 0.00972. The zero-order valence-corrected chi connectivity index (χ0v) is 13.2. The summed E-state index contributed by atoms with van der Waals surface area (Å²) in [5, 5.41) is 3.78. The van der Waals surface area contributed by atoms with Crippen molar-refractivity contribution in [2.45, 2.75) is 71.1 Å². The first-order valence-corrected chi connectivity index (χ1v) is 8.10. The molecular formula is C16H32N2O. The first kappa shape index (κ1) is 15.3. The number of nitrogens with one attached hydrogen (secondary N) is 1. The largest absolute Gasteiger partial charge is 0.370 e. The van der Waals surface area contributed by atoms with Gasteiger partial charge < -0.3 is 10.1 Å². The van der Waals surface area contributed by atoms with Gasteiger partial charge in [0.15, 0.2) is 0 Å². The fourth-order valence-electron chi connectivity index (χ4n) is 3.78. The van der Waals surface area contributed by atoms with E-state index >= 15 is 0 Å². The molecule has 1 saturated heterocycles. The summed E-state index contributed by atoms with van der Waals surface area (Å²) in [5.41, 5.74) is 0.00972. The molecule has 1 aliphatic heterocycles. The lowest BCUT2D eigenvalue weighted by Gasteiger charge is -2.42. The van der Waals surface area contributed by atoms with E-state index in [2.05, 4.69) is 37.9 Å². The van der Waals surface area contributed by atoms with Gasteiger partial charge in [-0.2, -0.15) is 0 Å². The van der Waals surface area contributed by atoms with Crippen LogP contribution in [-0.4, -0.2) is 48.8 Å². The quantitative estimate of drug-likeness (QED) is 0.848. The molecule has 1 heterocycles. The molecule has 0 aromatic heterocycles. The zero-order chi connectivity index (χ0) is 13.9. The number of nitrogens with zero attached hydrogens (tertiary/aromatic N) is 1. The molecule has 3 unspecified atom stereocenters. The summed E-state index contributed by atoms with van der Waals surface area (Å²) < 4.78 is 5.96. The molecule has 0 bridgehead atoms. The fraction of sp³-hybridized carbons (Fsp3) is 1.00. The third kappa shape index (κ3) is 4.73. The van der Waals surface area contributed by atoms with Gasteiger partial charge in [0.25, 0.3) is 0 Å². The predicted octanol–water partition coefficient (Wildman–Crippen LogP) is 2.65. The van der Waals surface area contributed by atoms with E-state index in [-0.39, 0.29) is 5.60 Å². The lowest BCUT2D eigenvalue weighted by Crippen LogP contribution is -2.53. The number of morpholine rings is 1. The van der Waals surface area contributed by atoms with Crippen LogP contribution in [0.25, 0.3) is 0 Å². The van der Waals surface area contributed by atoms with E-state index < -0.39 is 0 Å². The van der Waals surface area contributed by atoms with Crippen LogP contribution in [0.4, 0.5) is 0 Å². The molecule has 2 fully saturated rings. The van der Waals surface area contributed by atoms with Crippen LogP contribution in [-0.2, 0) is 4.74 Å². The monoisotopic (exact) mass is 268 g/mol. The summed E-state index contributed by atoms with van der Waals surface area (Å²) in [5.74, 6) is 0.855. The topological polar surface area (TPSA) is 24.5 Å². The number of ether oxygens (including phenoxy) is 1. The second-order valence-corrected chi connectivity index (χ2v) is 7.25. The van der Waals surface area contributed by atoms with Crippen LogP contribution < -0.4 is 5.32 Å². The molecule has 19 heavy (non-hydrogen) atoms. The Kier molecular flexibility index (Phi) is 5.27. The van der Waals surface area contributed by atoms with Gasteiger partial charge in [0.1, 0.15) is 0 Å². The summed E-state index contributed by atoms with van der Waals surface area (Å²) in [6.07, 6.45) is 5.96. The fourth-order valence-corrected chi connectivity index (χ4v) is 3.78. The van der Waals surface area contributed by atoms with E-state index in [1.54, 1.807) is 0 Å². The lowest BCUT2D eigenvalue weighted by molar-refractivity contribution is -0.128. The predicted molar refractivity (Wildman–Crippen MR) is 80.5 cm³/mol. The van der Waals surface area contributed by atoms with Gasteiger partial charge in [0.2, 0.25) is 0 Å². The molecule has 112 valence electrons. The molecule has 3 nitrogen and oxygen atoms in total. The summed E-state index contributed by atoms with van der Waals surface area (Å²) in [6.45, 7) is 13.4. The van der Waals surface area contributed by atoms with E-state index in [9.17, 15) is 0 Å². The second-order valence-electron chi connectivity index (χ2n) is 7.25. The van der Waals surface area contributed by atoms with Gasteiger partial charge in [-0.3, -0.25) is 4.90 Å². The van der Waals surface area contributed by atoms with Gasteiger partial charge in [0.05, 0.1) is 11.7 Å². The molecule has 0 spiro atoms. The average molecular weight is 268 g/mol. The Balaban J connectivity index is 1.70. The molecule has 0 aromatic carbocycles. The Bertz CT molecular complexity index is 280. The SMILES string of the molecule is CC1CN(CCNC2CCCCC2C)CC(C)(C)O1. The maximum atomic E-state index is 5.96. The second kappa shape index (κ2) is 6.55. The van der Waals surface area contributed by atoms with Crippen LogP contribution in [0.1, 0.15) is 53.4 Å². The van der Waals surface area contributed by atoms with Gasteiger partial charge in [0, 0.05) is 32.2 Å². The first-order valence-electron chi connectivity index (χ1n) is 8.10. The van der Waals surface area contributed by atoms with Gasteiger partial charge in [-0.25, -0.2) is 0 Å². The van der Waals surface area contributed by atoms with Crippen LogP contribution in [0.5, 0.6) is 0 Å². The number of rotatable bonds is 4. The molecule has 3 heteroatoms. The molecule has 1 aliphatic carbocycles. The van der Waals surface area contributed by atoms with Crippen LogP contribution in [0.15, 0.2) is 0 Å². The van der Waals surface area contributed by atoms with E-state index in [0.29, 0.717) is 6.10 Å². The molecule has 1 N–H and O–H groups in total. The maximum absolute atomic E-state index is 5.96. The van der Waals surface area contributed by atoms with Crippen molar-refractivity contribution >= 4 is 0 Å². The highest BCUT2D eigenvalue weighted by Gasteiger charge is 2.31. The Labute approximate surface area is 119 Å².